The van der Waals surface area contributed by atoms with Gasteiger partial charge in [-0.2, -0.15) is 0 Å². The third-order valence-corrected chi connectivity index (χ3v) is 6.38. The normalized spacial score (nSPS) is 15.6. The molecule has 2 heterocycles. The maximum atomic E-state index is 13.3. The smallest absolute Gasteiger partial charge is 0.242 e. The Morgan fingerprint density at radius 3 is 2.80 bits per heavy atom. The van der Waals surface area contributed by atoms with Crippen LogP contribution >= 0.6 is 11.3 Å². The Bertz CT molecular complexity index is 905. The topological polar surface area (TPSA) is 49.9 Å². The van der Waals surface area contributed by atoms with E-state index in [2.05, 4.69) is 18.0 Å². The number of carbonyl (C=O) groups excluding carboxylic acids is 2. The summed E-state index contributed by atoms with van der Waals surface area (Å²) in [5.41, 5.74) is 2.22. The van der Waals surface area contributed by atoms with Crippen molar-refractivity contribution in [3.63, 3.8) is 0 Å². The SMILES string of the molecule is C=CCN(CC(=O)N1CCc2sccc2[C@@H]1COc1ccccc1C)C(=O)C(C)C. The zero-order valence-corrected chi connectivity index (χ0v) is 18.8. The van der Waals surface area contributed by atoms with Crippen LogP contribution < -0.4 is 4.74 Å². The van der Waals surface area contributed by atoms with Crippen LogP contribution in [0.25, 0.3) is 0 Å². The van der Waals surface area contributed by atoms with E-state index in [-0.39, 0.29) is 30.3 Å². The van der Waals surface area contributed by atoms with Gasteiger partial charge in [-0.05, 0) is 42.0 Å². The summed E-state index contributed by atoms with van der Waals surface area (Å²) in [5.74, 6) is 0.573. The van der Waals surface area contributed by atoms with Crippen molar-refractivity contribution >= 4 is 23.2 Å². The first-order valence-electron chi connectivity index (χ1n) is 10.4. The molecule has 0 saturated heterocycles. The van der Waals surface area contributed by atoms with E-state index in [0.29, 0.717) is 19.7 Å². The van der Waals surface area contributed by atoms with Crippen LogP contribution in [0.4, 0.5) is 0 Å². The molecule has 1 aromatic carbocycles. The predicted octanol–water partition coefficient (Wildman–Crippen LogP) is 4.23. The summed E-state index contributed by atoms with van der Waals surface area (Å²) in [7, 11) is 0. The molecular weight excluding hydrogens is 396 g/mol. The molecule has 2 amide bonds. The minimum Gasteiger partial charge on any atom is -0.491 e. The minimum absolute atomic E-state index is 0.0378. The number of para-hydroxylation sites is 1. The molecule has 30 heavy (non-hydrogen) atoms. The predicted molar refractivity (Wildman–Crippen MR) is 121 cm³/mol. The standard InChI is InChI=1S/C24H30N2O3S/c1-5-12-25(24(28)17(2)3)15-23(27)26-13-10-22-19(11-14-30-22)20(26)16-29-21-9-7-6-8-18(21)4/h5-9,11,14,17,20H,1,10,12-13,15-16H2,2-4H3/t20-/m0/s1. The highest BCUT2D eigenvalue weighted by atomic mass is 32.1. The Kier molecular flexibility index (Phi) is 7.32. The van der Waals surface area contributed by atoms with E-state index in [1.807, 2.05) is 49.9 Å². The number of hydrogen-bond acceptors (Lipinski definition) is 4. The molecule has 1 aliphatic rings. The van der Waals surface area contributed by atoms with Gasteiger partial charge in [-0.3, -0.25) is 9.59 Å². The van der Waals surface area contributed by atoms with Crippen LogP contribution in [0.15, 0.2) is 48.4 Å². The highest BCUT2D eigenvalue weighted by Crippen LogP contribution is 2.34. The average Bonchev–Trinajstić information content (AvgIpc) is 3.21. The fraction of sp³-hybridized carbons (Fsp3) is 0.417. The van der Waals surface area contributed by atoms with Gasteiger partial charge in [-0.15, -0.1) is 17.9 Å². The van der Waals surface area contributed by atoms with E-state index >= 15 is 0 Å². The second-order valence-electron chi connectivity index (χ2n) is 7.89. The van der Waals surface area contributed by atoms with Crippen molar-refractivity contribution in [1.29, 1.82) is 0 Å². The number of fused-ring (bicyclic) bond motifs is 1. The lowest BCUT2D eigenvalue weighted by Crippen LogP contribution is -2.48. The highest BCUT2D eigenvalue weighted by Gasteiger charge is 2.33. The molecule has 1 atom stereocenters. The molecule has 1 aromatic heterocycles. The van der Waals surface area contributed by atoms with E-state index in [4.69, 9.17) is 4.74 Å². The molecule has 1 aliphatic heterocycles. The summed E-state index contributed by atoms with van der Waals surface area (Å²) in [6, 6.07) is 9.83. The largest absolute Gasteiger partial charge is 0.491 e. The van der Waals surface area contributed by atoms with E-state index in [1.165, 1.54) is 4.88 Å². The average molecular weight is 427 g/mol. The lowest BCUT2D eigenvalue weighted by atomic mass is 10.00. The first-order chi connectivity index (χ1) is 14.4. The van der Waals surface area contributed by atoms with Crippen molar-refractivity contribution in [2.75, 3.05) is 26.2 Å². The van der Waals surface area contributed by atoms with Gasteiger partial charge in [0.1, 0.15) is 18.9 Å². The molecule has 0 aliphatic carbocycles. The Labute approximate surface area is 182 Å². The molecule has 0 unspecified atom stereocenters. The van der Waals surface area contributed by atoms with Crippen LogP contribution in [0.5, 0.6) is 5.75 Å². The monoisotopic (exact) mass is 426 g/mol. The number of aryl methyl sites for hydroxylation is 1. The molecule has 0 radical (unpaired) electrons. The van der Waals surface area contributed by atoms with Gasteiger partial charge in [0.25, 0.3) is 0 Å². The van der Waals surface area contributed by atoms with Crippen molar-refractivity contribution in [2.24, 2.45) is 5.92 Å². The Morgan fingerprint density at radius 2 is 2.10 bits per heavy atom. The molecule has 3 rings (SSSR count). The lowest BCUT2D eigenvalue weighted by Gasteiger charge is -2.37. The second-order valence-corrected chi connectivity index (χ2v) is 8.89. The number of amides is 2. The minimum atomic E-state index is -0.164. The maximum Gasteiger partial charge on any atom is 0.242 e. The third-order valence-electron chi connectivity index (χ3n) is 5.39. The number of nitrogens with zero attached hydrogens (tertiary/aromatic N) is 2. The van der Waals surface area contributed by atoms with Crippen LogP contribution in [0, 0.1) is 12.8 Å². The highest BCUT2D eigenvalue weighted by molar-refractivity contribution is 7.10. The van der Waals surface area contributed by atoms with Gasteiger partial charge in [0.05, 0.1) is 6.04 Å². The van der Waals surface area contributed by atoms with Crippen molar-refractivity contribution in [1.82, 2.24) is 9.80 Å². The summed E-state index contributed by atoms with van der Waals surface area (Å²) in [4.78, 5) is 30.6. The fourth-order valence-electron chi connectivity index (χ4n) is 3.77. The van der Waals surface area contributed by atoms with E-state index in [9.17, 15) is 9.59 Å². The summed E-state index contributed by atoms with van der Waals surface area (Å²) in [5, 5.41) is 2.08. The maximum absolute atomic E-state index is 13.3. The van der Waals surface area contributed by atoms with Gasteiger partial charge in [-0.25, -0.2) is 0 Å². The molecular formula is C24H30N2O3S. The molecule has 0 spiro atoms. The second kappa shape index (κ2) is 9.94. The first kappa shape index (κ1) is 22.1. The quantitative estimate of drug-likeness (QED) is 0.594. The van der Waals surface area contributed by atoms with Crippen molar-refractivity contribution in [3.8, 4) is 5.75 Å². The van der Waals surface area contributed by atoms with Gasteiger partial charge < -0.3 is 14.5 Å². The van der Waals surface area contributed by atoms with E-state index in [1.54, 1.807) is 22.3 Å². The summed E-state index contributed by atoms with van der Waals surface area (Å²) in [6.45, 7) is 10.9. The summed E-state index contributed by atoms with van der Waals surface area (Å²) < 4.78 is 6.14. The van der Waals surface area contributed by atoms with Crippen LogP contribution in [-0.2, 0) is 16.0 Å². The lowest BCUT2D eigenvalue weighted by molar-refractivity contribution is -0.143. The number of carbonyl (C=O) groups is 2. The molecule has 0 fully saturated rings. The summed E-state index contributed by atoms with van der Waals surface area (Å²) in [6.07, 6.45) is 2.50. The van der Waals surface area contributed by atoms with E-state index in [0.717, 1.165) is 23.3 Å². The van der Waals surface area contributed by atoms with Crippen molar-refractivity contribution < 1.29 is 14.3 Å². The van der Waals surface area contributed by atoms with Crippen molar-refractivity contribution in [3.05, 3.63) is 64.4 Å². The Hall–Kier alpha value is -2.60. The number of rotatable bonds is 8. The fourth-order valence-corrected chi connectivity index (χ4v) is 4.70. The van der Waals surface area contributed by atoms with Gasteiger partial charge >= 0.3 is 0 Å². The Morgan fingerprint density at radius 1 is 1.33 bits per heavy atom. The van der Waals surface area contributed by atoms with Crippen LogP contribution in [0.3, 0.4) is 0 Å². The van der Waals surface area contributed by atoms with Gasteiger partial charge in [-0.1, -0.05) is 38.1 Å². The molecule has 0 N–H and O–H groups in total. The first-order valence-corrected chi connectivity index (χ1v) is 11.2. The number of thiophene rings is 1. The number of ether oxygens (including phenoxy) is 1. The Balaban J connectivity index is 1.79. The number of benzene rings is 1. The zero-order chi connectivity index (χ0) is 21.7. The third kappa shape index (κ3) is 4.93. The van der Waals surface area contributed by atoms with Gasteiger partial charge in [0, 0.05) is 23.9 Å². The van der Waals surface area contributed by atoms with Crippen LogP contribution in [0.1, 0.15) is 35.9 Å². The molecule has 160 valence electrons. The molecule has 0 bridgehead atoms. The van der Waals surface area contributed by atoms with Gasteiger partial charge in [0.15, 0.2) is 0 Å². The molecule has 5 nitrogen and oxygen atoms in total. The van der Waals surface area contributed by atoms with Crippen LogP contribution in [0.2, 0.25) is 0 Å². The molecule has 0 saturated carbocycles. The number of hydrogen-bond donors (Lipinski definition) is 0. The summed E-state index contributed by atoms with van der Waals surface area (Å²) >= 11 is 1.73. The zero-order valence-electron chi connectivity index (χ0n) is 18.0. The molecule has 6 heteroatoms. The van der Waals surface area contributed by atoms with Crippen molar-refractivity contribution in [2.45, 2.75) is 33.2 Å². The van der Waals surface area contributed by atoms with Gasteiger partial charge in [0.2, 0.25) is 11.8 Å². The molecule has 2 aromatic rings. The van der Waals surface area contributed by atoms with Crippen LogP contribution in [-0.4, -0.2) is 47.9 Å². The van der Waals surface area contributed by atoms with E-state index < -0.39 is 0 Å².